The topological polar surface area (TPSA) is 132 Å². The second kappa shape index (κ2) is 7.08. The van der Waals surface area contributed by atoms with Gasteiger partial charge in [0.05, 0.1) is 28.6 Å². The van der Waals surface area contributed by atoms with Crippen LogP contribution in [0.3, 0.4) is 0 Å². The second-order valence-corrected chi connectivity index (χ2v) is 8.55. The summed E-state index contributed by atoms with van der Waals surface area (Å²) in [5, 5.41) is 3.34. The van der Waals surface area contributed by atoms with Crippen LogP contribution in [0.15, 0.2) is 64.4 Å². The number of hydrogen-bond acceptors (Lipinski definition) is 8. The van der Waals surface area contributed by atoms with E-state index in [-0.39, 0.29) is 11.8 Å². The molecule has 1 amide bonds. The molecular formula is C23H23N7O2. The summed E-state index contributed by atoms with van der Waals surface area (Å²) in [6.07, 6.45) is 8.00. The number of nitrogens with two attached hydrogens (primary N) is 2. The number of rotatable bonds is 5. The zero-order valence-corrected chi connectivity index (χ0v) is 17.4. The van der Waals surface area contributed by atoms with Crippen molar-refractivity contribution in [2.75, 3.05) is 18.9 Å². The van der Waals surface area contributed by atoms with Crippen LogP contribution in [-0.4, -0.2) is 45.8 Å². The number of nitrogen functional groups attached to an aromatic ring is 1. The van der Waals surface area contributed by atoms with Crippen molar-refractivity contribution >= 4 is 28.6 Å². The molecular weight excluding hydrogens is 406 g/mol. The SMILES string of the molecule is NC(=O)C(NC1=COCC2=C3C1=CN=C(c1ccc4nc(N)cnc4c1)N3CC2)C1CC1. The third kappa shape index (κ3) is 3.08. The predicted octanol–water partition coefficient (Wildman–Crippen LogP) is 1.54. The Balaban J connectivity index is 1.39. The van der Waals surface area contributed by atoms with Gasteiger partial charge in [0.25, 0.3) is 0 Å². The molecule has 1 unspecified atom stereocenters. The molecule has 1 aromatic carbocycles. The summed E-state index contributed by atoms with van der Waals surface area (Å²) in [4.78, 5) is 27.8. The number of anilines is 1. The standard InChI is InChI=1S/C23H23N7O2/c24-19-9-26-17-7-13(3-4-16(17)28-19)23-27-8-15-18(29-20(22(25)31)12-1-2-12)11-32-10-14-5-6-30(23)21(14)15/h3-4,7-9,11-12,20,29H,1-2,5-6,10H2,(H2,24,28)(H2,25,31). The Labute approximate surface area is 184 Å². The van der Waals surface area contributed by atoms with Crippen LogP contribution in [-0.2, 0) is 9.53 Å². The average molecular weight is 429 g/mol. The highest BCUT2D eigenvalue weighted by Gasteiger charge is 2.39. The number of carbonyl (C=O) groups is 1. The van der Waals surface area contributed by atoms with E-state index < -0.39 is 6.04 Å². The fourth-order valence-corrected chi connectivity index (χ4v) is 4.62. The van der Waals surface area contributed by atoms with E-state index in [1.807, 2.05) is 24.4 Å². The summed E-state index contributed by atoms with van der Waals surface area (Å²) >= 11 is 0. The Bertz CT molecular complexity index is 1270. The van der Waals surface area contributed by atoms with Gasteiger partial charge < -0.3 is 26.4 Å². The number of hydrogen-bond donors (Lipinski definition) is 3. The van der Waals surface area contributed by atoms with E-state index in [1.165, 1.54) is 5.57 Å². The molecule has 9 heteroatoms. The molecule has 5 N–H and O–H groups in total. The lowest BCUT2D eigenvalue weighted by molar-refractivity contribution is -0.120. The van der Waals surface area contributed by atoms with Crippen molar-refractivity contribution in [2.24, 2.45) is 16.6 Å². The Morgan fingerprint density at radius 1 is 1.28 bits per heavy atom. The first-order chi connectivity index (χ1) is 15.6. The number of carbonyl (C=O) groups excluding carboxylic acids is 1. The van der Waals surface area contributed by atoms with Crippen LogP contribution in [0.5, 0.6) is 0 Å². The van der Waals surface area contributed by atoms with Crippen molar-refractivity contribution in [3.63, 3.8) is 0 Å². The molecule has 0 bridgehead atoms. The molecule has 1 atom stereocenters. The lowest BCUT2D eigenvalue weighted by Crippen LogP contribution is -2.43. The molecule has 4 heterocycles. The molecule has 1 saturated carbocycles. The van der Waals surface area contributed by atoms with Gasteiger partial charge in [0.1, 0.15) is 30.6 Å². The van der Waals surface area contributed by atoms with Gasteiger partial charge in [-0.1, -0.05) is 0 Å². The van der Waals surface area contributed by atoms with Crippen molar-refractivity contribution in [1.82, 2.24) is 20.2 Å². The fourth-order valence-electron chi connectivity index (χ4n) is 4.62. The summed E-state index contributed by atoms with van der Waals surface area (Å²) in [7, 11) is 0. The monoisotopic (exact) mass is 429 g/mol. The normalized spacial score (nSPS) is 20.6. The van der Waals surface area contributed by atoms with Gasteiger partial charge >= 0.3 is 0 Å². The van der Waals surface area contributed by atoms with Crippen molar-refractivity contribution in [1.29, 1.82) is 0 Å². The summed E-state index contributed by atoms with van der Waals surface area (Å²) in [6.45, 7) is 1.32. The Hall–Kier alpha value is -3.88. The van der Waals surface area contributed by atoms with E-state index in [0.717, 1.165) is 65.2 Å². The van der Waals surface area contributed by atoms with Crippen LogP contribution < -0.4 is 16.8 Å². The maximum atomic E-state index is 12.0. The molecule has 0 spiro atoms. The summed E-state index contributed by atoms with van der Waals surface area (Å²) in [5.41, 5.74) is 17.9. The van der Waals surface area contributed by atoms with E-state index >= 15 is 0 Å². The molecule has 32 heavy (non-hydrogen) atoms. The van der Waals surface area contributed by atoms with Gasteiger partial charge in [-0.2, -0.15) is 0 Å². The number of aromatic nitrogens is 2. The third-order valence-corrected chi connectivity index (χ3v) is 6.35. The number of benzene rings is 1. The van der Waals surface area contributed by atoms with Gasteiger partial charge in [-0.25, -0.2) is 9.98 Å². The predicted molar refractivity (Wildman–Crippen MR) is 120 cm³/mol. The first kappa shape index (κ1) is 18.9. The lowest BCUT2D eigenvalue weighted by Gasteiger charge is -2.30. The quantitative estimate of drug-likeness (QED) is 0.657. The number of nitrogens with one attached hydrogen (secondary N) is 1. The zero-order valence-electron chi connectivity index (χ0n) is 17.4. The molecule has 6 rings (SSSR count). The molecule has 1 aromatic heterocycles. The fraction of sp³-hybridized carbons (Fsp3) is 0.304. The van der Waals surface area contributed by atoms with Crippen LogP contribution in [0.1, 0.15) is 24.8 Å². The van der Waals surface area contributed by atoms with E-state index in [2.05, 4.69) is 20.2 Å². The molecule has 1 aliphatic carbocycles. The minimum Gasteiger partial charge on any atom is -0.495 e. The van der Waals surface area contributed by atoms with Crippen LogP contribution >= 0.6 is 0 Å². The Kier molecular flexibility index (Phi) is 4.17. The van der Waals surface area contributed by atoms with Crippen molar-refractivity contribution in [3.8, 4) is 0 Å². The Morgan fingerprint density at radius 2 is 2.16 bits per heavy atom. The summed E-state index contributed by atoms with van der Waals surface area (Å²) in [6, 6.07) is 5.48. The van der Waals surface area contributed by atoms with Crippen LogP contribution in [0.4, 0.5) is 5.82 Å². The van der Waals surface area contributed by atoms with Gasteiger partial charge in [-0.15, -0.1) is 0 Å². The molecule has 0 radical (unpaired) electrons. The van der Waals surface area contributed by atoms with E-state index in [0.29, 0.717) is 12.4 Å². The molecule has 1 fully saturated rings. The van der Waals surface area contributed by atoms with Crippen LogP contribution in [0, 0.1) is 5.92 Å². The van der Waals surface area contributed by atoms with Crippen molar-refractivity contribution < 1.29 is 9.53 Å². The highest BCUT2D eigenvalue weighted by atomic mass is 16.5. The largest absolute Gasteiger partial charge is 0.495 e. The summed E-state index contributed by atoms with van der Waals surface area (Å²) < 4.78 is 5.84. The van der Waals surface area contributed by atoms with Gasteiger partial charge in [-0.3, -0.25) is 9.78 Å². The molecule has 0 saturated heterocycles. The van der Waals surface area contributed by atoms with Crippen LogP contribution in [0.25, 0.3) is 11.0 Å². The van der Waals surface area contributed by atoms with E-state index in [1.54, 1.807) is 12.5 Å². The number of amidine groups is 1. The maximum Gasteiger partial charge on any atom is 0.240 e. The third-order valence-electron chi connectivity index (χ3n) is 6.35. The van der Waals surface area contributed by atoms with Crippen molar-refractivity contribution in [3.05, 3.63) is 65.0 Å². The molecule has 9 nitrogen and oxygen atoms in total. The van der Waals surface area contributed by atoms with Crippen LogP contribution in [0.2, 0.25) is 0 Å². The maximum absolute atomic E-state index is 12.0. The van der Waals surface area contributed by atoms with E-state index in [9.17, 15) is 4.79 Å². The van der Waals surface area contributed by atoms with Gasteiger partial charge in [0.15, 0.2) is 0 Å². The smallest absolute Gasteiger partial charge is 0.240 e. The molecule has 162 valence electrons. The van der Waals surface area contributed by atoms with Gasteiger partial charge in [0, 0.05) is 23.9 Å². The molecule has 2 aromatic rings. The minimum absolute atomic E-state index is 0.279. The zero-order chi connectivity index (χ0) is 21.8. The average Bonchev–Trinajstić information content (AvgIpc) is 3.56. The minimum atomic E-state index is -0.403. The van der Waals surface area contributed by atoms with Crippen molar-refractivity contribution in [2.45, 2.75) is 25.3 Å². The first-order valence-electron chi connectivity index (χ1n) is 10.8. The number of primary amides is 1. The number of aliphatic imine (C=N–C) groups is 1. The number of fused-ring (bicyclic) bond motifs is 1. The number of nitrogens with zero attached hydrogens (tertiary/aromatic N) is 4. The highest BCUT2D eigenvalue weighted by Crippen LogP contribution is 2.39. The molecule has 4 aliphatic rings. The first-order valence-corrected chi connectivity index (χ1v) is 10.8. The Morgan fingerprint density at radius 3 is 2.97 bits per heavy atom. The lowest BCUT2D eigenvalue weighted by atomic mass is 10.0. The molecule has 3 aliphatic heterocycles. The second-order valence-electron chi connectivity index (χ2n) is 8.55. The van der Waals surface area contributed by atoms with Gasteiger partial charge in [-0.05, 0) is 49.0 Å². The van der Waals surface area contributed by atoms with E-state index in [4.69, 9.17) is 21.2 Å². The van der Waals surface area contributed by atoms with Gasteiger partial charge in [0.2, 0.25) is 5.91 Å². The highest BCUT2D eigenvalue weighted by molar-refractivity contribution is 6.04. The number of amides is 1. The number of ether oxygens (including phenoxy) is 1. The summed E-state index contributed by atoms with van der Waals surface area (Å²) in [5.74, 6) is 1.19.